The summed E-state index contributed by atoms with van der Waals surface area (Å²) in [6.45, 7) is 11.1. The highest BCUT2D eigenvalue weighted by atomic mass is 16.2. The minimum absolute atomic E-state index is 0.378. The Morgan fingerprint density at radius 1 is 0.852 bits per heavy atom. The summed E-state index contributed by atoms with van der Waals surface area (Å²) in [5.41, 5.74) is 0. The van der Waals surface area contributed by atoms with E-state index < -0.39 is 0 Å². The predicted molar refractivity (Wildman–Crippen MR) is 118 cm³/mol. The van der Waals surface area contributed by atoms with Gasteiger partial charge in [-0.05, 0) is 12.5 Å². The number of quaternary nitrogens is 1. The average Bonchev–Trinajstić information content (AvgIpc) is 2.66. The predicted octanol–water partition coefficient (Wildman–Crippen LogP) is 5.94. The average molecular weight is 380 g/mol. The summed E-state index contributed by atoms with van der Waals surface area (Å²) in [5, 5.41) is 0. The molecule has 0 radical (unpaired) electrons. The van der Waals surface area contributed by atoms with Crippen molar-refractivity contribution in [3.05, 3.63) is 12.7 Å². The third-order valence-electron chi connectivity index (χ3n) is 6.24. The molecule has 158 valence electrons. The number of likely N-dealkylation sites (N-methyl/N-ethyl adjacent to an activating group) is 1. The zero-order valence-corrected chi connectivity index (χ0v) is 18.5. The van der Waals surface area contributed by atoms with E-state index in [9.17, 15) is 4.79 Å². The molecule has 0 unspecified atom stereocenters. The third-order valence-corrected chi connectivity index (χ3v) is 6.24. The zero-order valence-electron chi connectivity index (χ0n) is 18.5. The normalized spacial score (nSPS) is 16.4. The van der Waals surface area contributed by atoms with Crippen LogP contribution in [0.4, 0.5) is 0 Å². The Labute approximate surface area is 169 Å². The summed E-state index contributed by atoms with van der Waals surface area (Å²) in [7, 11) is 2.27. The van der Waals surface area contributed by atoms with E-state index in [0.717, 1.165) is 50.0 Å². The zero-order chi connectivity index (χ0) is 19.8. The molecule has 1 heterocycles. The van der Waals surface area contributed by atoms with Gasteiger partial charge in [-0.15, -0.1) is 0 Å². The molecule has 0 N–H and O–H groups in total. The quantitative estimate of drug-likeness (QED) is 0.184. The van der Waals surface area contributed by atoms with Crippen LogP contribution in [0.1, 0.15) is 96.8 Å². The molecule has 1 aliphatic rings. The van der Waals surface area contributed by atoms with E-state index in [1.54, 1.807) is 0 Å². The molecule has 0 aromatic carbocycles. The van der Waals surface area contributed by atoms with Gasteiger partial charge >= 0.3 is 0 Å². The molecule has 0 aromatic heterocycles. The first-order chi connectivity index (χ1) is 13.1. The highest BCUT2D eigenvalue weighted by Gasteiger charge is 2.29. The fourth-order valence-corrected chi connectivity index (χ4v) is 4.14. The molecule has 27 heavy (non-hydrogen) atoms. The third kappa shape index (κ3) is 11.6. The van der Waals surface area contributed by atoms with E-state index >= 15 is 0 Å². The first kappa shape index (κ1) is 24.2. The van der Waals surface area contributed by atoms with Gasteiger partial charge in [0, 0.05) is 6.42 Å². The number of hydrogen-bond donors (Lipinski definition) is 0. The second-order valence-electron chi connectivity index (χ2n) is 8.91. The molecular weight excluding hydrogens is 332 g/mol. The maximum atomic E-state index is 12.4. The summed E-state index contributed by atoms with van der Waals surface area (Å²) >= 11 is 0. The maximum Gasteiger partial charge on any atom is 0.222 e. The molecule has 3 nitrogen and oxygen atoms in total. The van der Waals surface area contributed by atoms with E-state index in [1.165, 1.54) is 77.0 Å². The molecule has 0 saturated carbocycles. The number of amides is 1. The van der Waals surface area contributed by atoms with Gasteiger partial charge in [0.1, 0.15) is 0 Å². The Bertz CT molecular complexity index is 386. The molecule has 3 heteroatoms. The molecule has 1 rings (SSSR count). The number of piperazine rings is 1. The second-order valence-corrected chi connectivity index (χ2v) is 8.91. The molecular formula is C24H47N2O+. The van der Waals surface area contributed by atoms with Crippen LogP contribution in [0, 0.1) is 0 Å². The minimum Gasteiger partial charge on any atom is -0.331 e. The van der Waals surface area contributed by atoms with Crippen LogP contribution in [0.15, 0.2) is 12.7 Å². The Morgan fingerprint density at radius 3 is 1.74 bits per heavy atom. The van der Waals surface area contributed by atoms with Crippen LogP contribution in [0.3, 0.4) is 0 Å². The number of rotatable bonds is 16. The SMILES string of the molecule is C=CC[N+]1(C)CCN(C(=O)CCCCCCCCCCCCCCC)CC1. The van der Waals surface area contributed by atoms with E-state index in [-0.39, 0.29) is 0 Å². The minimum atomic E-state index is 0.378. The van der Waals surface area contributed by atoms with Crippen LogP contribution in [0.2, 0.25) is 0 Å². The summed E-state index contributed by atoms with van der Waals surface area (Å²) < 4.78 is 1.03. The van der Waals surface area contributed by atoms with Gasteiger partial charge in [-0.1, -0.05) is 90.6 Å². The fraction of sp³-hybridized carbons (Fsp3) is 0.875. The number of carbonyl (C=O) groups excluding carboxylic acids is 1. The van der Waals surface area contributed by atoms with Crippen molar-refractivity contribution in [1.82, 2.24) is 4.90 Å². The molecule has 0 aliphatic carbocycles. The lowest BCUT2D eigenvalue weighted by Crippen LogP contribution is -2.58. The Kier molecular flexibility index (Phi) is 13.6. The lowest BCUT2D eigenvalue weighted by Gasteiger charge is -2.41. The summed E-state index contributed by atoms with van der Waals surface area (Å²) in [6.07, 6.45) is 20.4. The first-order valence-corrected chi connectivity index (χ1v) is 11.8. The van der Waals surface area contributed by atoms with E-state index in [1.807, 2.05) is 6.08 Å². The summed E-state index contributed by atoms with van der Waals surface area (Å²) in [5.74, 6) is 0.378. The van der Waals surface area contributed by atoms with Gasteiger partial charge in [0.15, 0.2) is 0 Å². The van der Waals surface area contributed by atoms with Gasteiger partial charge in [-0.25, -0.2) is 0 Å². The summed E-state index contributed by atoms with van der Waals surface area (Å²) in [4.78, 5) is 14.5. The largest absolute Gasteiger partial charge is 0.331 e. The van der Waals surface area contributed by atoms with Gasteiger partial charge in [0.05, 0.1) is 39.8 Å². The Morgan fingerprint density at radius 2 is 1.30 bits per heavy atom. The van der Waals surface area contributed by atoms with Gasteiger partial charge < -0.3 is 9.38 Å². The Balaban J connectivity index is 1.90. The summed E-state index contributed by atoms with van der Waals surface area (Å²) in [6, 6.07) is 0. The van der Waals surface area contributed by atoms with E-state index in [4.69, 9.17) is 0 Å². The molecule has 1 amide bonds. The number of hydrogen-bond acceptors (Lipinski definition) is 1. The van der Waals surface area contributed by atoms with Crippen molar-refractivity contribution in [3.63, 3.8) is 0 Å². The molecule has 1 saturated heterocycles. The van der Waals surface area contributed by atoms with Crippen LogP contribution < -0.4 is 0 Å². The van der Waals surface area contributed by atoms with Crippen molar-refractivity contribution in [2.24, 2.45) is 0 Å². The molecule has 1 fully saturated rings. The second kappa shape index (κ2) is 15.1. The fourth-order valence-electron chi connectivity index (χ4n) is 4.14. The van der Waals surface area contributed by atoms with Crippen LogP contribution in [-0.2, 0) is 4.79 Å². The van der Waals surface area contributed by atoms with E-state index in [0.29, 0.717) is 5.91 Å². The standard InChI is InChI=1S/C24H47N2O/c1-4-6-7-8-9-10-11-12-13-14-15-16-17-18-24(27)25-19-22-26(3,21-5-2)23-20-25/h5H,2,4,6-23H2,1,3H3/q+1. The highest BCUT2D eigenvalue weighted by molar-refractivity contribution is 5.76. The molecule has 1 aliphatic heterocycles. The van der Waals surface area contributed by atoms with Gasteiger partial charge in [-0.3, -0.25) is 4.79 Å². The van der Waals surface area contributed by atoms with Crippen LogP contribution in [0.5, 0.6) is 0 Å². The number of nitrogens with zero attached hydrogens (tertiary/aromatic N) is 2. The van der Waals surface area contributed by atoms with Gasteiger partial charge in [0.2, 0.25) is 5.91 Å². The monoisotopic (exact) mass is 379 g/mol. The van der Waals surface area contributed by atoms with Crippen molar-refractivity contribution < 1.29 is 9.28 Å². The van der Waals surface area contributed by atoms with Crippen LogP contribution in [0.25, 0.3) is 0 Å². The number of unbranched alkanes of at least 4 members (excludes halogenated alkanes) is 12. The topological polar surface area (TPSA) is 20.3 Å². The lowest BCUT2D eigenvalue weighted by atomic mass is 10.0. The Hall–Kier alpha value is -0.830. The van der Waals surface area contributed by atoms with Crippen molar-refractivity contribution in [2.75, 3.05) is 39.8 Å². The maximum absolute atomic E-state index is 12.4. The van der Waals surface area contributed by atoms with Gasteiger partial charge in [0.25, 0.3) is 0 Å². The van der Waals surface area contributed by atoms with Gasteiger partial charge in [-0.2, -0.15) is 0 Å². The van der Waals surface area contributed by atoms with Crippen molar-refractivity contribution in [3.8, 4) is 0 Å². The van der Waals surface area contributed by atoms with Crippen molar-refractivity contribution in [1.29, 1.82) is 0 Å². The first-order valence-electron chi connectivity index (χ1n) is 11.8. The van der Waals surface area contributed by atoms with Crippen molar-refractivity contribution >= 4 is 5.91 Å². The molecule has 0 atom stereocenters. The van der Waals surface area contributed by atoms with Crippen LogP contribution in [-0.4, -0.2) is 55.1 Å². The smallest absolute Gasteiger partial charge is 0.222 e. The lowest BCUT2D eigenvalue weighted by molar-refractivity contribution is -0.907. The highest BCUT2D eigenvalue weighted by Crippen LogP contribution is 2.15. The molecule has 0 aromatic rings. The van der Waals surface area contributed by atoms with E-state index in [2.05, 4.69) is 25.5 Å². The van der Waals surface area contributed by atoms with Crippen molar-refractivity contribution in [2.45, 2.75) is 96.8 Å². The molecule has 0 bridgehead atoms. The molecule has 0 spiro atoms. The van der Waals surface area contributed by atoms with Crippen LogP contribution >= 0.6 is 0 Å². The number of carbonyl (C=O) groups is 1.